The van der Waals surface area contributed by atoms with E-state index in [4.69, 9.17) is 11.6 Å². The van der Waals surface area contributed by atoms with Crippen LogP contribution in [-0.2, 0) is 6.42 Å². The van der Waals surface area contributed by atoms with Crippen molar-refractivity contribution in [2.45, 2.75) is 39.0 Å². The van der Waals surface area contributed by atoms with Crippen molar-refractivity contribution in [2.24, 2.45) is 5.41 Å². The minimum atomic E-state index is 0.273. The van der Waals surface area contributed by atoms with Gasteiger partial charge in [0.1, 0.15) is 0 Å². The molecule has 1 unspecified atom stereocenters. The number of halogens is 1. The van der Waals surface area contributed by atoms with E-state index in [2.05, 4.69) is 38.3 Å². The molecule has 1 rings (SSSR count). The molecule has 0 aliphatic rings. The van der Waals surface area contributed by atoms with Crippen molar-refractivity contribution >= 4 is 22.9 Å². The number of thiophene rings is 1. The number of hydrogen-bond acceptors (Lipinski definition) is 1. The lowest BCUT2D eigenvalue weighted by molar-refractivity contribution is 0.334. The first-order valence-corrected chi connectivity index (χ1v) is 5.98. The molecule has 1 atom stereocenters. The van der Waals surface area contributed by atoms with Crippen molar-refractivity contribution in [2.75, 3.05) is 0 Å². The van der Waals surface area contributed by atoms with Gasteiger partial charge in [0.25, 0.3) is 0 Å². The van der Waals surface area contributed by atoms with Crippen LogP contribution in [0.5, 0.6) is 0 Å². The number of rotatable bonds is 4. The molecule has 1 heterocycles. The molecule has 0 N–H and O–H groups in total. The van der Waals surface area contributed by atoms with E-state index in [0.717, 1.165) is 12.8 Å². The Kier molecular flexibility index (Phi) is 3.81. The van der Waals surface area contributed by atoms with Gasteiger partial charge in [-0.05, 0) is 36.6 Å². The highest BCUT2D eigenvalue weighted by Gasteiger charge is 2.20. The molecule has 1 aromatic rings. The van der Waals surface area contributed by atoms with Gasteiger partial charge in [-0.1, -0.05) is 19.9 Å². The predicted molar refractivity (Wildman–Crippen MR) is 61.7 cm³/mol. The first kappa shape index (κ1) is 11.1. The van der Waals surface area contributed by atoms with E-state index >= 15 is 0 Å². The van der Waals surface area contributed by atoms with Crippen molar-refractivity contribution < 1.29 is 0 Å². The van der Waals surface area contributed by atoms with Gasteiger partial charge in [0.05, 0.1) is 0 Å². The minimum absolute atomic E-state index is 0.273. The fourth-order valence-electron chi connectivity index (χ4n) is 1.72. The Labute approximate surface area is 89.9 Å². The van der Waals surface area contributed by atoms with Crippen molar-refractivity contribution in [3.63, 3.8) is 0 Å². The van der Waals surface area contributed by atoms with Crippen molar-refractivity contribution in [1.82, 2.24) is 0 Å². The summed E-state index contributed by atoms with van der Waals surface area (Å²) >= 11 is 7.84. The average Bonchev–Trinajstić information content (AvgIpc) is 2.34. The molecule has 74 valence electrons. The molecule has 13 heavy (non-hydrogen) atoms. The van der Waals surface area contributed by atoms with E-state index in [9.17, 15) is 0 Å². The quantitative estimate of drug-likeness (QED) is 0.658. The number of alkyl halides is 1. The number of hydrogen-bond donors (Lipinski definition) is 0. The van der Waals surface area contributed by atoms with E-state index in [1.54, 1.807) is 0 Å². The maximum absolute atomic E-state index is 6.01. The maximum Gasteiger partial charge on any atom is 0.0313 e. The molecule has 0 saturated heterocycles. The zero-order valence-corrected chi connectivity index (χ0v) is 10.1. The monoisotopic (exact) mass is 216 g/mol. The molecule has 0 bridgehead atoms. The van der Waals surface area contributed by atoms with Gasteiger partial charge in [-0.3, -0.25) is 0 Å². The molecule has 0 saturated carbocycles. The second-order valence-electron chi connectivity index (χ2n) is 4.41. The van der Waals surface area contributed by atoms with Crippen LogP contribution in [0.3, 0.4) is 0 Å². The lowest BCUT2D eigenvalue weighted by Gasteiger charge is -2.25. The van der Waals surface area contributed by atoms with Crippen LogP contribution in [0.2, 0.25) is 0 Å². The Bertz CT molecular complexity index is 237. The van der Waals surface area contributed by atoms with Crippen LogP contribution in [0.4, 0.5) is 0 Å². The molecule has 0 aliphatic heterocycles. The Morgan fingerprint density at radius 2 is 2.23 bits per heavy atom. The van der Waals surface area contributed by atoms with Crippen LogP contribution < -0.4 is 0 Å². The largest absolute Gasteiger partial charge is 0.149 e. The van der Waals surface area contributed by atoms with Crippen LogP contribution in [0, 0.1) is 5.41 Å². The standard InChI is InChI=1S/C11H17ClS/c1-9(12)7-11(2,3)8-10-5-4-6-13-10/h4-6,9H,7-8H2,1-3H3. The van der Waals surface area contributed by atoms with Gasteiger partial charge in [-0.2, -0.15) is 0 Å². The highest BCUT2D eigenvalue weighted by atomic mass is 35.5. The summed E-state index contributed by atoms with van der Waals surface area (Å²) in [6, 6.07) is 4.31. The summed E-state index contributed by atoms with van der Waals surface area (Å²) in [4.78, 5) is 1.46. The molecule has 0 radical (unpaired) electrons. The fraction of sp³-hybridized carbons (Fsp3) is 0.636. The van der Waals surface area contributed by atoms with Gasteiger partial charge in [-0.25, -0.2) is 0 Å². The first-order valence-electron chi connectivity index (χ1n) is 4.66. The van der Waals surface area contributed by atoms with Crippen molar-refractivity contribution in [1.29, 1.82) is 0 Å². The predicted octanol–water partition coefficient (Wildman–Crippen LogP) is 4.33. The fourth-order valence-corrected chi connectivity index (χ4v) is 3.10. The molecule has 1 aromatic heterocycles. The summed E-state index contributed by atoms with van der Waals surface area (Å²) in [6.45, 7) is 6.63. The van der Waals surface area contributed by atoms with Crippen LogP contribution in [0.15, 0.2) is 17.5 Å². The Morgan fingerprint density at radius 1 is 1.54 bits per heavy atom. The molecule has 0 amide bonds. The van der Waals surface area contributed by atoms with Crippen LogP contribution in [-0.4, -0.2) is 5.38 Å². The maximum atomic E-state index is 6.01. The second-order valence-corrected chi connectivity index (χ2v) is 6.18. The lowest BCUT2D eigenvalue weighted by Crippen LogP contribution is -2.18. The van der Waals surface area contributed by atoms with Gasteiger partial charge in [0.2, 0.25) is 0 Å². The summed E-state index contributed by atoms with van der Waals surface area (Å²) < 4.78 is 0. The van der Waals surface area contributed by atoms with Crippen molar-refractivity contribution in [3.8, 4) is 0 Å². The van der Waals surface area contributed by atoms with Crippen molar-refractivity contribution in [3.05, 3.63) is 22.4 Å². The molecule has 0 fully saturated rings. The molecule has 0 aromatic carbocycles. The normalized spacial score (nSPS) is 14.5. The van der Waals surface area contributed by atoms with Gasteiger partial charge >= 0.3 is 0 Å². The van der Waals surface area contributed by atoms with E-state index in [1.165, 1.54) is 4.88 Å². The third-order valence-corrected chi connectivity index (χ3v) is 3.10. The molecule has 0 aliphatic carbocycles. The third-order valence-electron chi connectivity index (χ3n) is 2.07. The zero-order chi connectivity index (χ0) is 9.90. The highest BCUT2D eigenvalue weighted by molar-refractivity contribution is 7.09. The zero-order valence-electron chi connectivity index (χ0n) is 8.51. The third kappa shape index (κ3) is 4.15. The van der Waals surface area contributed by atoms with E-state index < -0.39 is 0 Å². The smallest absolute Gasteiger partial charge is 0.0313 e. The molecule has 0 nitrogen and oxygen atoms in total. The van der Waals surface area contributed by atoms with Gasteiger partial charge < -0.3 is 0 Å². The highest BCUT2D eigenvalue weighted by Crippen LogP contribution is 2.30. The summed E-state index contributed by atoms with van der Waals surface area (Å²) in [5, 5.41) is 2.41. The SMILES string of the molecule is CC(Cl)CC(C)(C)Cc1cccs1. The summed E-state index contributed by atoms with van der Waals surface area (Å²) in [7, 11) is 0. The van der Waals surface area contributed by atoms with E-state index in [1.807, 2.05) is 11.3 Å². The van der Waals surface area contributed by atoms with E-state index in [0.29, 0.717) is 5.41 Å². The minimum Gasteiger partial charge on any atom is -0.149 e. The average molecular weight is 217 g/mol. The summed E-state index contributed by atoms with van der Waals surface area (Å²) in [5.74, 6) is 0. The molecular weight excluding hydrogens is 200 g/mol. The van der Waals surface area contributed by atoms with E-state index in [-0.39, 0.29) is 5.38 Å². The molecule has 2 heteroatoms. The van der Waals surface area contributed by atoms with Gasteiger partial charge in [0, 0.05) is 10.3 Å². The Balaban J connectivity index is 2.51. The topological polar surface area (TPSA) is 0 Å². The molecule has 0 spiro atoms. The van der Waals surface area contributed by atoms with Crippen LogP contribution >= 0.6 is 22.9 Å². The second kappa shape index (κ2) is 4.47. The van der Waals surface area contributed by atoms with Crippen LogP contribution in [0.25, 0.3) is 0 Å². The Hall–Kier alpha value is -0.0100. The lowest BCUT2D eigenvalue weighted by atomic mass is 9.84. The summed E-state index contributed by atoms with van der Waals surface area (Å²) in [5.41, 5.74) is 0.325. The molecular formula is C11H17ClS. The van der Waals surface area contributed by atoms with Crippen LogP contribution in [0.1, 0.15) is 32.1 Å². The van der Waals surface area contributed by atoms with Gasteiger partial charge in [-0.15, -0.1) is 22.9 Å². The Morgan fingerprint density at radius 3 is 2.69 bits per heavy atom. The van der Waals surface area contributed by atoms with Gasteiger partial charge in [0.15, 0.2) is 0 Å². The first-order chi connectivity index (χ1) is 5.99. The summed E-state index contributed by atoms with van der Waals surface area (Å²) in [6.07, 6.45) is 2.22.